The molecule has 0 heterocycles. The number of rotatable bonds is 7. The highest BCUT2D eigenvalue weighted by molar-refractivity contribution is 7.89. The quantitative estimate of drug-likeness (QED) is 0.747. The van der Waals surface area contributed by atoms with Gasteiger partial charge in [-0.3, -0.25) is 4.79 Å². The number of halogens is 1. The summed E-state index contributed by atoms with van der Waals surface area (Å²) in [6, 6.07) is 10.4. The average molecular weight is 397 g/mol. The van der Waals surface area contributed by atoms with Gasteiger partial charge in [-0.05, 0) is 55.8 Å². The van der Waals surface area contributed by atoms with Crippen molar-refractivity contribution in [2.75, 3.05) is 12.4 Å². The van der Waals surface area contributed by atoms with E-state index in [1.807, 2.05) is 6.92 Å². The van der Waals surface area contributed by atoms with Crippen LogP contribution in [0, 0.1) is 0 Å². The van der Waals surface area contributed by atoms with Crippen LogP contribution in [0.1, 0.15) is 30.6 Å². The Hall–Kier alpha value is -2.09. The van der Waals surface area contributed by atoms with Crippen molar-refractivity contribution in [3.63, 3.8) is 0 Å². The van der Waals surface area contributed by atoms with Gasteiger partial charge in [0.05, 0.1) is 17.7 Å². The second-order valence-electron chi connectivity index (χ2n) is 5.75. The Labute approximate surface area is 158 Å². The topological polar surface area (TPSA) is 84.5 Å². The number of carbonyl (C=O) groups excluding carboxylic acids is 1. The van der Waals surface area contributed by atoms with E-state index < -0.39 is 15.9 Å². The molecule has 0 aliphatic rings. The zero-order chi connectivity index (χ0) is 19.3. The second kappa shape index (κ2) is 8.53. The number of hydrogen-bond donors (Lipinski definition) is 2. The van der Waals surface area contributed by atoms with Crippen LogP contribution in [0.3, 0.4) is 0 Å². The van der Waals surface area contributed by atoms with Crippen LogP contribution < -0.4 is 14.8 Å². The highest BCUT2D eigenvalue weighted by atomic mass is 35.5. The van der Waals surface area contributed by atoms with Gasteiger partial charge in [-0.15, -0.1) is 0 Å². The number of anilines is 1. The van der Waals surface area contributed by atoms with Crippen LogP contribution in [-0.4, -0.2) is 27.5 Å². The van der Waals surface area contributed by atoms with E-state index >= 15 is 0 Å². The molecule has 6 nitrogen and oxygen atoms in total. The van der Waals surface area contributed by atoms with E-state index in [4.69, 9.17) is 16.3 Å². The molecule has 0 aliphatic carbocycles. The molecule has 0 saturated carbocycles. The van der Waals surface area contributed by atoms with Gasteiger partial charge in [-0.25, -0.2) is 13.1 Å². The second-order valence-corrected chi connectivity index (χ2v) is 7.90. The van der Waals surface area contributed by atoms with E-state index in [1.54, 1.807) is 25.1 Å². The van der Waals surface area contributed by atoms with E-state index in [1.165, 1.54) is 31.4 Å². The van der Waals surface area contributed by atoms with Gasteiger partial charge >= 0.3 is 0 Å². The first-order valence-corrected chi connectivity index (χ1v) is 9.90. The van der Waals surface area contributed by atoms with Gasteiger partial charge in [0.1, 0.15) is 5.75 Å². The predicted octanol–water partition coefficient (Wildman–Crippen LogP) is 3.68. The zero-order valence-electron chi connectivity index (χ0n) is 14.7. The minimum atomic E-state index is -3.61. The van der Waals surface area contributed by atoms with Crippen LogP contribution in [0.2, 0.25) is 5.02 Å². The van der Waals surface area contributed by atoms with E-state index in [0.29, 0.717) is 28.4 Å². The van der Waals surface area contributed by atoms with Crippen molar-refractivity contribution in [3.05, 3.63) is 53.1 Å². The minimum Gasteiger partial charge on any atom is -0.495 e. The molecule has 0 unspecified atom stereocenters. The molecule has 1 atom stereocenters. The molecule has 0 aromatic heterocycles. The normalized spacial score (nSPS) is 12.5. The molecule has 1 amide bonds. The van der Waals surface area contributed by atoms with E-state index in [0.717, 1.165) is 0 Å². The molecule has 0 saturated heterocycles. The van der Waals surface area contributed by atoms with E-state index in [-0.39, 0.29) is 10.9 Å². The molecule has 2 aromatic carbocycles. The molecule has 0 spiro atoms. The van der Waals surface area contributed by atoms with Crippen molar-refractivity contribution >= 4 is 33.2 Å². The van der Waals surface area contributed by atoms with Crippen molar-refractivity contribution in [3.8, 4) is 5.75 Å². The van der Waals surface area contributed by atoms with Crippen molar-refractivity contribution in [2.45, 2.75) is 31.2 Å². The number of nitrogens with one attached hydrogen (secondary N) is 2. The molecule has 26 heavy (non-hydrogen) atoms. The maximum Gasteiger partial charge on any atom is 0.255 e. The SMILES string of the molecule is CC[C@@H](C)NS(=O)(=O)c1ccc(C(=O)Nc2cc(Cl)ccc2OC)cc1. The third kappa shape index (κ3) is 4.97. The molecule has 8 heteroatoms. The molecule has 2 rings (SSSR count). The van der Waals surface area contributed by atoms with Crippen molar-refractivity contribution in [1.29, 1.82) is 0 Å². The lowest BCUT2D eigenvalue weighted by molar-refractivity contribution is 0.102. The third-order valence-corrected chi connectivity index (χ3v) is 5.65. The van der Waals surface area contributed by atoms with Gasteiger partial charge in [0.2, 0.25) is 10.0 Å². The predicted molar refractivity (Wildman–Crippen MR) is 102 cm³/mol. The Morgan fingerprint density at radius 3 is 2.42 bits per heavy atom. The summed E-state index contributed by atoms with van der Waals surface area (Å²) >= 11 is 5.95. The van der Waals surface area contributed by atoms with Gasteiger partial charge in [0.15, 0.2) is 0 Å². The monoisotopic (exact) mass is 396 g/mol. The average Bonchev–Trinajstić information content (AvgIpc) is 2.61. The summed E-state index contributed by atoms with van der Waals surface area (Å²) in [7, 11) is -2.12. The first kappa shape index (κ1) is 20.2. The Kier molecular flexibility index (Phi) is 6.63. The van der Waals surface area contributed by atoms with Gasteiger partial charge in [0, 0.05) is 16.6 Å². The molecule has 0 radical (unpaired) electrons. The zero-order valence-corrected chi connectivity index (χ0v) is 16.3. The number of methoxy groups -OCH3 is 1. The van der Waals surface area contributed by atoms with Crippen LogP contribution in [0.4, 0.5) is 5.69 Å². The molecular weight excluding hydrogens is 376 g/mol. The summed E-state index contributed by atoms with van der Waals surface area (Å²) in [5.41, 5.74) is 0.745. The van der Waals surface area contributed by atoms with Crippen LogP contribution in [0.15, 0.2) is 47.4 Å². The first-order chi connectivity index (χ1) is 12.3. The van der Waals surface area contributed by atoms with E-state index in [9.17, 15) is 13.2 Å². The summed E-state index contributed by atoms with van der Waals surface area (Å²) in [4.78, 5) is 12.5. The Morgan fingerprint density at radius 2 is 1.85 bits per heavy atom. The summed E-state index contributed by atoms with van der Waals surface area (Å²) in [6.45, 7) is 3.68. The van der Waals surface area contributed by atoms with Crippen molar-refractivity contribution < 1.29 is 17.9 Å². The van der Waals surface area contributed by atoms with Gasteiger partial charge in [-0.1, -0.05) is 18.5 Å². The highest BCUT2D eigenvalue weighted by Crippen LogP contribution is 2.28. The lowest BCUT2D eigenvalue weighted by Gasteiger charge is -2.13. The van der Waals surface area contributed by atoms with Crippen LogP contribution in [0.25, 0.3) is 0 Å². The number of benzene rings is 2. The standard InChI is InChI=1S/C18H21ClN2O4S/c1-4-12(2)21-26(23,24)15-8-5-13(6-9-15)18(22)20-16-11-14(19)7-10-17(16)25-3/h5-12,21H,4H2,1-3H3,(H,20,22)/t12-/m1/s1. The van der Waals surface area contributed by atoms with Gasteiger partial charge in [0.25, 0.3) is 5.91 Å². The number of hydrogen-bond acceptors (Lipinski definition) is 4. The fraction of sp³-hybridized carbons (Fsp3) is 0.278. The summed E-state index contributed by atoms with van der Waals surface area (Å²) in [6.07, 6.45) is 0.682. The molecule has 140 valence electrons. The van der Waals surface area contributed by atoms with Gasteiger partial charge in [-0.2, -0.15) is 0 Å². The Balaban J connectivity index is 2.18. The minimum absolute atomic E-state index is 0.106. The first-order valence-electron chi connectivity index (χ1n) is 8.04. The van der Waals surface area contributed by atoms with E-state index in [2.05, 4.69) is 10.0 Å². The fourth-order valence-corrected chi connectivity index (χ4v) is 3.67. The van der Waals surface area contributed by atoms with Crippen molar-refractivity contribution in [1.82, 2.24) is 4.72 Å². The van der Waals surface area contributed by atoms with Gasteiger partial charge < -0.3 is 10.1 Å². The summed E-state index contributed by atoms with van der Waals surface area (Å²) in [5, 5.41) is 3.16. The molecule has 0 bridgehead atoms. The number of ether oxygens (including phenoxy) is 1. The number of amides is 1. The maximum atomic E-state index is 12.4. The lowest BCUT2D eigenvalue weighted by Crippen LogP contribution is -2.32. The summed E-state index contributed by atoms with van der Waals surface area (Å²) in [5.74, 6) is 0.0732. The Morgan fingerprint density at radius 1 is 1.19 bits per heavy atom. The van der Waals surface area contributed by atoms with Crippen LogP contribution >= 0.6 is 11.6 Å². The molecule has 0 fully saturated rings. The van der Waals surface area contributed by atoms with Crippen LogP contribution in [-0.2, 0) is 10.0 Å². The smallest absolute Gasteiger partial charge is 0.255 e. The number of sulfonamides is 1. The van der Waals surface area contributed by atoms with Crippen LogP contribution in [0.5, 0.6) is 5.75 Å². The molecule has 2 N–H and O–H groups in total. The summed E-state index contributed by atoms with van der Waals surface area (Å²) < 4.78 is 32.3. The molecule has 2 aromatic rings. The molecular formula is C18H21ClN2O4S. The lowest BCUT2D eigenvalue weighted by atomic mass is 10.2. The highest BCUT2D eigenvalue weighted by Gasteiger charge is 2.17. The maximum absolute atomic E-state index is 12.4. The fourth-order valence-electron chi connectivity index (χ4n) is 2.17. The number of carbonyl (C=O) groups is 1. The third-order valence-electron chi connectivity index (χ3n) is 3.81. The molecule has 0 aliphatic heterocycles. The Bertz CT molecular complexity index is 883. The largest absolute Gasteiger partial charge is 0.495 e. The van der Waals surface area contributed by atoms with Crippen molar-refractivity contribution in [2.24, 2.45) is 0 Å².